The Morgan fingerprint density at radius 1 is 0.682 bits per heavy atom. The molecule has 0 bridgehead atoms. The first-order chi connectivity index (χ1) is 31.6. The van der Waals surface area contributed by atoms with E-state index in [1.54, 1.807) is 12.4 Å². The van der Waals surface area contributed by atoms with Crippen LogP contribution < -0.4 is 22.1 Å². The lowest BCUT2D eigenvalue weighted by Gasteiger charge is -2.14. The normalized spacial score (nSPS) is 15.2. The van der Waals surface area contributed by atoms with Gasteiger partial charge in [0.05, 0.1) is 45.8 Å². The highest BCUT2D eigenvalue weighted by Gasteiger charge is 2.22. The van der Waals surface area contributed by atoms with Crippen molar-refractivity contribution in [3.8, 4) is 45.6 Å². The molecule has 8 aromatic rings. The van der Waals surface area contributed by atoms with Gasteiger partial charge in [-0.1, -0.05) is 56.0 Å². The molecule has 0 saturated carbocycles. The highest BCUT2D eigenvalue weighted by atomic mass is 16.1. The summed E-state index contributed by atoms with van der Waals surface area (Å²) in [6.07, 6.45) is 8.67. The van der Waals surface area contributed by atoms with Gasteiger partial charge >= 0.3 is 0 Å². The molecular formula is C51H67N13O2. The van der Waals surface area contributed by atoms with Crippen LogP contribution in [0.1, 0.15) is 78.5 Å². The van der Waals surface area contributed by atoms with E-state index in [2.05, 4.69) is 45.4 Å². The molecule has 0 aliphatic carbocycles. The lowest BCUT2D eigenvalue weighted by molar-refractivity contribution is 0.0908. The molecule has 0 spiro atoms. The van der Waals surface area contributed by atoms with E-state index in [0.717, 1.165) is 102 Å². The average Bonchev–Trinajstić information content (AvgIpc) is 4.05. The highest BCUT2D eigenvalue weighted by Crippen LogP contribution is 2.29. The van der Waals surface area contributed by atoms with Crippen molar-refractivity contribution in [2.45, 2.75) is 53.4 Å². The van der Waals surface area contributed by atoms with E-state index >= 15 is 0 Å². The summed E-state index contributed by atoms with van der Waals surface area (Å²) in [5, 5.41) is 6.37. The number of fused-ring (bicyclic) bond motifs is 2. The summed E-state index contributed by atoms with van der Waals surface area (Å²) in [4.78, 5) is 61.7. The summed E-state index contributed by atoms with van der Waals surface area (Å²) in [5.74, 6) is 2.05. The number of nitrogens with two attached hydrogens (primary N) is 2. The fraction of sp³-hybridized carbons (Fsp3) is 0.294. The number of aromatic nitrogens is 8. The van der Waals surface area contributed by atoms with Crippen molar-refractivity contribution >= 4 is 45.4 Å². The summed E-state index contributed by atoms with van der Waals surface area (Å²) in [5.41, 5.74) is 23.6. The van der Waals surface area contributed by atoms with E-state index in [9.17, 15) is 9.59 Å². The third kappa shape index (κ3) is 10.3. The van der Waals surface area contributed by atoms with Crippen molar-refractivity contribution in [2.24, 2.45) is 5.92 Å². The lowest BCUT2D eigenvalue weighted by Crippen LogP contribution is -2.33. The number of aryl methyl sites for hydroxylation is 2. The Balaban J connectivity index is 0.000000346. The quantitative estimate of drug-likeness (QED) is 0.0707. The molecule has 1 unspecified atom stereocenters. The van der Waals surface area contributed by atoms with Crippen LogP contribution in [0.25, 0.3) is 67.6 Å². The summed E-state index contributed by atoms with van der Waals surface area (Å²) in [7, 11) is 0. The molecule has 2 saturated heterocycles. The first kappa shape index (κ1) is 45.2. The smallest absolute Gasteiger partial charge is 0.251 e. The third-order valence-corrected chi connectivity index (χ3v) is 12.1. The molecule has 4 aromatic carbocycles. The number of imidazole rings is 2. The SMILES string of the molecule is C.Cc1ccc2nc(-c3nc(-c4ccc(C(=O)C5CCCNCC5)cc4)cnc3N)[nH]c2c1.Cc1ccc2nc(-c3nc(-c4ccc(C(=O)NCCN5CCCC5)cc4)cnc3N)[nH]c2c1.[HH].[HH].[HH].[HH].[HH]. The number of aromatic amines is 2. The first-order valence-electron chi connectivity index (χ1n) is 22.3. The highest BCUT2D eigenvalue weighted by molar-refractivity contribution is 5.98. The standard InChI is InChI=1S/C25H27N7O.C25H26N6O.CH4.5H2/c1-16-4-9-19-20(14-16)31-24(30-19)22-23(26)28-15-21(29-22)17-5-7-18(8-6-17)25(33)27-10-13-32-11-2-3-12-32;1-15-4-9-19-20(13-15)31-25(30-19)22-24(26)28-14-21(29-22)16-5-7-18(8-6-16)23(32)17-3-2-11-27-12-10-17;;;;;;/h4-9,14-15H,2-3,10-13H2,1H3,(H2,26,28)(H,27,33)(H,30,31);4-9,13-14,17,27H,2-3,10-12H2,1H3,(H2,26,28)(H,30,31);1H4;5*1H. The molecule has 2 aliphatic rings. The number of anilines is 2. The van der Waals surface area contributed by atoms with Crippen LogP contribution in [-0.4, -0.2) is 95.7 Å². The van der Waals surface area contributed by atoms with Gasteiger partial charge in [0.1, 0.15) is 11.4 Å². The number of amides is 1. The van der Waals surface area contributed by atoms with Gasteiger partial charge in [-0.3, -0.25) is 9.59 Å². The molecule has 4 aromatic heterocycles. The van der Waals surface area contributed by atoms with Gasteiger partial charge in [-0.25, -0.2) is 29.9 Å². The van der Waals surface area contributed by atoms with E-state index in [1.165, 1.54) is 12.8 Å². The number of Topliss-reactive ketones (excluding diaryl/α,β-unsaturated/α-hetero) is 1. The summed E-state index contributed by atoms with van der Waals surface area (Å²) in [6.45, 7) is 9.78. The molecule has 15 heteroatoms. The van der Waals surface area contributed by atoms with E-state index < -0.39 is 0 Å². The van der Waals surface area contributed by atoms with Gasteiger partial charge in [-0.05, 0) is 120 Å². The third-order valence-electron chi connectivity index (χ3n) is 12.1. The Kier molecular flexibility index (Phi) is 13.9. The maximum Gasteiger partial charge on any atom is 0.251 e. The molecular weight excluding hydrogens is 827 g/mol. The van der Waals surface area contributed by atoms with E-state index in [1.807, 2.05) is 98.8 Å². The van der Waals surface area contributed by atoms with Crippen molar-refractivity contribution in [2.75, 3.05) is 50.7 Å². The minimum Gasteiger partial charge on any atom is -0.382 e. The summed E-state index contributed by atoms with van der Waals surface area (Å²) in [6, 6.07) is 27.0. The minimum atomic E-state index is -0.0672. The van der Waals surface area contributed by atoms with Crippen LogP contribution in [0.15, 0.2) is 97.3 Å². The number of nitrogens with one attached hydrogen (secondary N) is 4. The Bertz CT molecular complexity index is 2990. The second-order valence-electron chi connectivity index (χ2n) is 16.9. The zero-order valence-electron chi connectivity index (χ0n) is 36.7. The Hall–Kier alpha value is -7.36. The van der Waals surface area contributed by atoms with Crippen LogP contribution in [-0.2, 0) is 0 Å². The topological polar surface area (TPSA) is 222 Å². The monoisotopic (exact) mass is 894 g/mol. The molecule has 0 radical (unpaired) electrons. The molecule has 348 valence electrons. The van der Waals surface area contributed by atoms with Gasteiger partial charge in [0.15, 0.2) is 29.1 Å². The number of hydrogen-bond donors (Lipinski definition) is 6. The predicted molar refractivity (Wildman–Crippen MR) is 273 cm³/mol. The number of likely N-dealkylation sites (tertiary alicyclic amines) is 1. The zero-order valence-corrected chi connectivity index (χ0v) is 36.7. The number of carbonyl (C=O) groups is 2. The Morgan fingerprint density at radius 3 is 1.76 bits per heavy atom. The maximum atomic E-state index is 12.9. The van der Waals surface area contributed by atoms with Crippen LogP contribution in [0.2, 0.25) is 0 Å². The molecule has 6 heterocycles. The number of nitrogens with zero attached hydrogens (tertiary/aromatic N) is 7. The Labute approximate surface area is 391 Å². The van der Waals surface area contributed by atoms with E-state index in [-0.39, 0.29) is 32.2 Å². The van der Waals surface area contributed by atoms with Crippen molar-refractivity contribution in [3.05, 3.63) is 120 Å². The predicted octanol–water partition coefficient (Wildman–Crippen LogP) is 9.42. The number of carbonyl (C=O) groups excluding carboxylic acids is 2. The van der Waals surface area contributed by atoms with Gasteiger partial charge in [0.2, 0.25) is 0 Å². The first-order valence-corrected chi connectivity index (χ1v) is 22.3. The van der Waals surface area contributed by atoms with Gasteiger partial charge in [0.25, 0.3) is 5.91 Å². The van der Waals surface area contributed by atoms with E-state index in [0.29, 0.717) is 58.2 Å². The molecule has 1 atom stereocenters. The largest absolute Gasteiger partial charge is 0.382 e. The van der Waals surface area contributed by atoms with E-state index in [4.69, 9.17) is 21.4 Å². The lowest BCUT2D eigenvalue weighted by atomic mass is 9.91. The van der Waals surface area contributed by atoms with Crippen molar-refractivity contribution in [1.82, 2.24) is 55.4 Å². The molecule has 10 rings (SSSR count). The zero-order chi connectivity index (χ0) is 44.9. The molecule has 15 nitrogen and oxygen atoms in total. The summed E-state index contributed by atoms with van der Waals surface area (Å²) >= 11 is 0. The second-order valence-corrected chi connectivity index (χ2v) is 16.9. The fourth-order valence-electron chi connectivity index (χ4n) is 8.45. The molecule has 1 amide bonds. The number of H-pyrrole nitrogens is 2. The van der Waals surface area contributed by atoms with Crippen LogP contribution >= 0.6 is 0 Å². The molecule has 2 aliphatic heterocycles. The summed E-state index contributed by atoms with van der Waals surface area (Å²) < 4.78 is 0. The minimum absolute atomic E-state index is 0. The number of hydrogen-bond acceptors (Lipinski definition) is 12. The number of benzene rings is 4. The maximum absolute atomic E-state index is 12.9. The van der Waals surface area contributed by atoms with Gasteiger partial charge in [0, 0.05) is 48.4 Å². The number of nitrogen functional groups attached to an aromatic ring is 2. The van der Waals surface area contributed by atoms with Gasteiger partial charge in [-0.15, -0.1) is 0 Å². The van der Waals surface area contributed by atoms with Crippen LogP contribution in [0.5, 0.6) is 0 Å². The number of rotatable bonds is 10. The van der Waals surface area contributed by atoms with Gasteiger partial charge in [-0.2, -0.15) is 0 Å². The Morgan fingerprint density at radius 2 is 1.21 bits per heavy atom. The van der Waals surface area contributed by atoms with Crippen LogP contribution in [0, 0.1) is 19.8 Å². The fourth-order valence-corrected chi connectivity index (χ4v) is 8.45. The van der Waals surface area contributed by atoms with Crippen molar-refractivity contribution in [1.29, 1.82) is 0 Å². The van der Waals surface area contributed by atoms with Crippen LogP contribution in [0.3, 0.4) is 0 Å². The molecule has 2 fully saturated rings. The number of ketones is 1. The van der Waals surface area contributed by atoms with Crippen molar-refractivity contribution < 1.29 is 16.7 Å². The van der Waals surface area contributed by atoms with Crippen molar-refractivity contribution in [3.63, 3.8) is 0 Å². The molecule has 8 N–H and O–H groups in total. The van der Waals surface area contributed by atoms with Gasteiger partial charge < -0.3 is 37.0 Å². The van der Waals surface area contributed by atoms with Crippen LogP contribution in [0.4, 0.5) is 11.6 Å². The second kappa shape index (κ2) is 20.2. The average molecular weight is 894 g/mol. The molecule has 66 heavy (non-hydrogen) atoms.